The van der Waals surface area contributed by atoms with Gasteiger partial charge in [0.1, 0.15) is 0 Å². The van der Waals surface area contributed by atoms with Gasteiger partial charge in [-0.15, -0.1) is 0 Å². The molecule has 0 amide bonds. The van der Waals surface area contributed by atoms with Gasteiger partial charge in [0.2, 0.25) is 0 Å². The normalized spacial score (nSPS) is 10.5. The van der Waals surface area contributed by atoms with Crippen molar-refractivity contribution in [1.29, 1.82) is 0 Å². The van der Waals surface area contributed by atoms with Crippen molar-refractivity contribution in [2.75, 3.05) is 0 Å². The molecule has 0 fully saturated rings. The van der Waals surface area contributed by atoms with Gasteiger partial charge in [0, 0.05) is 29.4 Å². The van der Waals surface area contributed by atoms with Gasteiger partial charge >= 0.3 is 0 Å². The van der Waals surface area contributed by atoms with Crippen molar-refractivity contribution in [2.24, 2.45) is 5.73 Å². The van der Waals surface area contributed by atoms with Crippen LogP contribution in [0.4, 0.5) is 8.78 Å². The quantitative estimate of drug-likeness (QED) is 0.853. The van der Waals surface area contributed by atoms with E-state index in [2.05, 4.69) is 9.97 Å². The minimum Gasteiger partial charge on any atom is -0.326 e. The largest absolute Gasteiger partial charge is 0.326 e. The van der Waals surface area contributed by atoms with Gasteiger partial charge < -0.3 is 5.73 Å². The molecular formula is C11H9F2N3S. The fourth-order valence-electron chi connectivity index (χ4n) is 1.15. The van der Waals surface area contributed by atoms with E-state index in [9.17, 15) is 8.78 Å². The molecular weight excluding hydrogens is 244 g/mol. The van der Waals surface area contributed by atoms with Crippen molar-refractivity contribution in [1.82, 2.24) is 9.97 Å². The third kappa shape index (κ3) is 2.98. The van der Waals surface area contributed by atoms with Gasteiger partial charge in [-0.2, -0.15) is 0 Å². The SMILES string of the molecule is NCc1cnc(Sc2ccc(F)c(F)c2)nc1. The predicted octanol–water partition coefficient (Wildman–Crippen LogP) is 2.36. The van der Waals surface area contributed by atoms with Crippen LogP contribution in [0.15, 0.2) is 40.6 Å². The molecule has 2 aromatic rings. The van der Waals surface area contributed by atoms with Crippen LogP contribution in [0, 0.1) is 11.6 Å². The summed E-state index contributed by atoms with van der Waals surface area (Å²) < 4.78 is 25.7. The first-order valence-electron chi connectivity index (χ1n) is 4.83. The van der Waals surface area contributed by atoms with E-state index in [-0.39, 0.29) is 0 Å². The van der Waals surface area contributed by atoms with Gasteiger partial charge in [0.05, 0.1) is 0 Å². The number of rotatable bonds is 3. The number of benzene rings is 1. The second-order valence-corrected chi connectivity index (χ2v) is 4.30. The van der Waals surface area contributed by atoms with Crippen molar-refractivity contribution in [3.05, 3.63) is 47.8 Å². The lowest BCUT2D eigenvalue weighted by Crippen LogP contribution is -1.98. The highest BCUT2D eigenvalue weighted by Crippen LogP contribution is 2.25. The molecule has 0 saturated carbocycles. The van der Waals surface area contributed by atoms with E-state index in [4.69, 9.17) is 5.73 Å². The smallest absolute Gasteiger partial charge is 0.192 e. The lowest BCUT2D eigenvalue weighted by molar-refractivity contribution is 0.506. The topological polar surface area (TPSA) is 51.8 Å². The summed E-state index contributed by atoms with van der Waals surface area (Å²) in [5.41, 5.74) is 6.23. The average Bonchev–Trinajstić information content (AvgIpc) is 2.35. The molecule has 0 saturated heterocycles. The predicted molar refractivity (Wildman–Crippen MR) is 60.4 cm³/mol. The zero-order valence-corrected chi connectivity index (χ0v) is 9.55. The second-order valence-electron chi connectivity index (χ2n) is 3.26. The second kappa shape index (κ2) is 5.20. The molecule has 1 aromatic heterocycles. The summed E-state index contributed by atoms with van der Waals surface area (Å²) in [5.74, 6) is -1.75. The number of hydrogen-bond acceptors (Lipinski definition) is 4. The van der Waals surface area contributed by atoms with Gasteiger partial charge in [-0.3, -0.25) is 0 Å². The number of nitrogens with two attached hydrogens (primary N) is 1. The number of aromatic nitrogens is 2. The van der Waals surface area contributed by atoms with Crippen LogP contribution in [0.3, 0.4) is 0 Å². The first-order valence-corrected chi connectivity index (χ1v) is 5.64. The van der Waals surface area contributed by atoms with Gasteiger partial charge in [0.25, 0.3) is 0 Å². The van der Waals surface area contributed by atoms with Crippen LogP contribution in [0.25, 0.3) is 0 Å². The van der Waals surface area contributed by atoms with E-state index in [0.29, 0.717) is 16.6 Å². The molecule has 0 atom stereocenters. The Kier molecular flexibility index (Phi) is 3.65. The van der Waals surface area contributed by atoms with Crippen LogP contribution in [-0.4, -0.2) is 9.97 Å². The first-order chi connectivity index (χ1) is 8.19. The Morgan fingerprint density at radius 1 is 1.12 bits per heavy atom. The summed E-state index contributed by atoms with van der Waals surface area (Å²) in [6.45, 7) is 0.371. The molecule has 0 spiro atoms. The average molecular weight is 253 g/mol. The van der Waals surface area contributed by atoms with Crippen LogP contribution in [0.5, 0.6) is 0 Å². The summed E-state index contributed by atoms with van der Waals surface area (Å²) in [7, 11) is 0. The van der Waals surface area contributed by atoms with Crippen molar-refractivity contribution >= 4 is 11.8 Å². The molecule has 0 bridgehead atoms. The highest BCUT2D eigenvalue weighted by Gasteiger charge is 2.05. The van der Waals surface area contributed by atoms with Crippen LogP contribution in [0.2, 0.25) is 0 Å². The molecule has 17 heavy (non-hydrogen) atoms. The Bertz CT molecular complexity index is 517. The number of halogens is 2. The fraction of sp³-hybridized carbons (Fsp3) is 0.0909. The lowest BCUT2D eigenvalue weighted by atomic mass is 10.3. The molecule has 1 heterocycles. The minimum absolute atomic E-state index is 0.371. The summed E-state index contributed by atoms with van der Waals surface area (Å²) in [5, 5.41) is 0.466. The zero-order valence-electron chi connectivity index (χ0n) is 8.73. The van der Waals surface area contributed by atoms with Crippen LogP contribution in [-0.2, 0) is 6.54 Å². The molecule has 3 nitrogen and oxygen atoms in total. The lowest BCUT2D eigenvalue weighted by Gasteiger charge is -2.01. The van der Waals surface area contributed by atoms with Gasteiger partial charge in [-0.05, 0) is 30.0 Å². The monoisotopic (exact) mass is 253 g/mol. The Labute approximate surface area is 101 Å². The van der Waals surface area contributed by atoms with Crippen molar-refractivity contribution in [3.8, 4) is 0 Å². The zero-order chi connectivity index (χ0) is 12.3. The maximum absolute atomic E-state index is 13.0. The first kappa shape index (κ1) is 11.9. The number of nitrogens with zero attached hydrogens (tertiary/aromatic N) is 2. The molecule has 1 aromatic carbocycles. The van der Waals surface area contributed by atoms with Crippen LogP contribution >= 0.6 is 11.8 Å². The summed E-state index contributed by atoms with van der Waals surface area (Å²) in [6, 6.07) is 3.66. The summed E-state index contributed by atoms with van der Waals surface area (Å²) in [4.78, 5) is 8.65. The van der Waals surface area contributed by atoms with E-state index in [0.717, 1.165) is 29.5 Å². The highest BCUT2D eigenvalue weighted by atomic mass is 32.2. The number of hydrogen-bond donors (Lipinski definition) is 1. The minimum atomic E-state index is -0.881. The van der Waals surface area contributed by atoms with Crippen molar-refractivity contribution in [2.45, 2.75) is 16.6 Å². The molecule has 0 unspecified atom stereocenters. The molecule has 0 radical (unpaired) electrons. The fourth-order valence-corrected chi connectivity index (χ4v) is 1.87. The van der Waals surface area contributed by atoms with Gasteiger partial charge in [-0.1, -0.05) is 0 Å². The third-order valence-electron chi connectivity index (χ3n) is 2.02. The Hall–Kier alpha value is -1.53. The Balaban J connectivity index is 2.16. The van der Waals surface area contributed by atoms with Gasteiger partial charge in [0.15, 0.2) is 16.8 Å². The van der Waals surface area contributed by atoms with Crippen LogP contribution < -0.4 is 5.73 Å². The molecule has 2 rings (SSSR count). The van der Waals surface area contributed by atoms with E-state index in [1.165, 1.54) is 6.07 Å². The van der Waals surface area contributed by atoms with Crippen molar-refractivity contribution < 1.29 is 8.78 Å². The maximum Gasteiger partial charge on any atom is 0.192 e. The molecule has 0 aliphatic heterocycles. The molecule has 88 valence electrons. The molecule has 2 N–H and O–H groups in total. The van der Waals surface area contributed by atoms with Crippen molar-refractivity contribution in [3.63, 3.8) is 0 Å². The molecule has 0 aliphatic rings. The van der Waals surface area contributed by atoms with E-state index in [1.54, 1.807) is 12.4 Å². The Morgan fingerprint density at radius 3 is 2.41 bits per heavy atom. The van der Waals surface area contributed by atoms with E-state index in [1.807, 2.05) is 0 Å². The summed E-state index contributed by atoms with van der Waals surface area (Å²) in [6.07, 6.45) is 3.21. The van der Waals surface area contributed by atoms with E-state index >= 15 is 0 Å². The Morgan fingerprint density at radius 2 is 1.82 bits per heavy atom. The maximum atomic E-state index is 13.0. The molecule has 0 aliphatic carbocycles. The standard InChI is InChI=1S/C11H9F2N3S/c12-9-2-1-8(3-10(9)13)17-11-15-5-7(4-14)6-16-11/h1-3,5-6H,4,14H2. The van der Waals surface area contributed by atoms with Crippen LogP contribution in [0.1, 0.15) is 5.56 Å². The van der Waals surface area contributed by atoms with Gasteiger partial charge in [-0.25, -0.2) is 18.7 Å². The third-order valence-corrected chi connectivity index (χ3v) is 2.90. The summed E-state index contributed by atoms with van der Waals surface area (Å²) >= 11 is 1.16. The highest BCUT2D eigenvalue weighted by molar-refractivity contribution is 7.99. The van der Waals surface area contributed by atoms with E-state index < -0.39 is 11.6 Å². The molecule has 6 heteroatoms.